The Kier molecular flexibility index (Phi) is 3.89. The molecule has 1 saturated carbocycles. The van der Waals surface area contributed by atoms with Crippen LogP contribution in [0, 0.1) is 11.8 Å². The molecule has 0 spiro atoms. The highest BCUT2D eigenvalue weighted by Crippen LogP contribution is 2.36. The molecule has 4 heteroatoms. The molecule has 0 aromatic carbocycles. The quantitative estimate of drug-likeness (QED) is 0.896. The van der Waals surface area contributed by atoms with E-state index >= 15 is 0 Å². The fraction of sp³-hybridized carbons (Fsp3) is 0.667. The van der Waals surface area contributed by atoms with Crippen molar-refractivity contribution in [3.63, 3.8) is 0 Å². The molecule has 0 bridgehead atoms. The number of nitrogens with zero attached hydrogens (tertiary/aromatic N) is 1. The molecule has 3 nitrogen and oxygen atoms in total. The summed E-state index contributed by atoms with van der Waals surface area (Å²) in [4.78, 5) is 15.6. The van der Waals surface area contributed by atoms with Crippen LogP contribution in [0.2, 0.25) is 0 Å². The molecule has 1 aromatic heterocycles. The third-order valence-electron chi connectivity index (χ3n) is 4.33. The zero-order valence-corrected chi connectivity index (χ0v) is 12.3. The minimum atomic E-state index is 0.250. The first-order chi connectivity index (χ1) is 9.24. The standard InChI is InChI=1S/C15H22N2OS/c1-11(12-2-3-12)8-16-9-15(18)17-6-4-14-13(10-17)5-7-19-14/h5,7,11-12,16H,2-4,6,8-10H2,1H3. The van der Waals surface area contributed by atoms with E-state index in [0.717, 1.165) is 37.9 Å². The second kappa shape index (κ2) is 5.63. The van der Waals surface area contributed by atoms with Crippen molar-refractivity contribution in [3.05, 3.63) is 21.9 Å². The first kappa shape index (κ1) is 13.1. The SMILES string of the molecule is CC(CNCC(=O)N1CCc2sccc2C1)C1CC1. The lowest BCUT2D eigenvalue weighted by Crippen LogP contribution is -2.41. The van der Waals surface area contributed by atoms with Crippen molar-refractivity contribution >= 4 is 17.2 Å². The van der Waals surface area contributed by atoms with Gasteiger partial charge in [0.1, 0.15) is 0 Å². The van der Waals surface area contributed by atoms with Gasteiger partial charge >= 0.3 is 0 Å². The highest BCUT2D eigenvalue weighted by molar-refractivity contribution is 7.10. The summed E-state index contributed by atoms with van der Waals surface area (Å²) >= 11 is 1.82. The van der Waals surface area contributed by atoms with Crippen molar-refractivity contribution in [2.75, 3.05) is 19.6 Å². The largest absolute Gasteiger partial charge is 0.337 e. The Morgan fingerprint density at radius 2 is 2.42 bits per heavy atom. The summed E-state index contributed by atoms with van der Waals surface area (Å²) in [6, 6.07) is 2.15. The van der Waals surface area contributed by atoms with Crippen molar-refractivity contribution in [1.29, 1.82) is 0 Å². The van der Waals surface area contributed by atoms with Gasteiger partial charge in [-0.2, -0.15) is 0 Å². The summed E-state index contributed by atoms with van der Waals surface area (Å²) in [7, 11) is 0. The summed E-state index contributed by atoms with van der Waals surface area (Å²) < 4.78 is 0. The van der Waals surface area contributed by atoms with Gasteiger partial charge in [0.2, 0.25) is 5.91 Å². The number of amides is 1. The zero-order chi connectivity index (χ0) is 13.2. The van der Waals surface area contributed by atoms with E-state index in [2.05, 4.69) is 23.7 Å². The van der Waals surface area contributed by atoms with Gasteiger partial charge in [0, 0.05) is 18.0 Å². The van der Waals surface area contributed by atoms with Gasteiger partial charge in [-0.1, -0.05) is 6.92 Å². The van der Waals surface area contributed by atoms with Crippen LogP contribution in [0.3, 0.4) is 0 Å². The monoisotopic (exact) mass is 278 g/mol. The molecule has 1 aromatic rings. The maximum absolute atomic E-state index is 12.2. The van der Waals surface area contributed by atoms with Crippen molar-refractivity contribution in [1.82, 2.24) is 10.2 Å². The van der Waals surface area contributed by atoms with Crippen molar-refractivity contribution in [2.45, 2.75) is 32.7 Å². The Morgan fingerprint density at radius 1 is 1.58 bits per heavy atom. The van der Waals surface area contributed by atoms with Gasteiger partial charge in [-0.25, -0.2) is 0 Å². The van der Waals surface area contributed by atoms with Crippen LogP contribution in [0.15, 0.2) is 11.4 Å². The van der Waals surface area contributed by atoms with Gasteiger partial charge in [-0.05, 0) is 54.7 Å². The smallest absolute Gasteiger partial charge is 0.236 e. The lowest BCUT2D eigenvalue weighted by atomic mass is 10.1. The average molecular weight is 278 g/mol. The fourth-order valence-corrected chi connectivity index (χ4v) is 3.70. The summed E-state index contributed by atoms with van der Waals surface area (Å²) in [6.07, 6.45) is 3.78. The van der Waals surface area contributed by atoms with Crippen LogP contribution in [0.25, 0.3) is 0 Å². The van der Waals surface area contributed by atoms with Gasteiger partial charge in [0.25, 0.3) is 0 Å². The number of thiophene rings is 1. The third-order valence-corrected chi connectivity index (χ3v) is 5.35. The number of carbonyl (C=O) groups excluding carboxylic acids is 1. The summed E-state index contributed by atoms with van der Waals surface area (Å²) in [5.41, 5.74) is 1.34. The summed E-state index contributed by atoms with van der Waals surface area (Å²) in [6.45, 7) is 5.45. The second-order valence-corrected chi connectivity index (χ2v) is 6.88. The molecule has 19 heavy (non-hydrogen) atoms. The number of rotatable bonds is 5. The molecule has 1 fully saturated rings. The fourth-order valence-electron chi connectivity index (χ4n) is 2.81. The second-order valence-electron chi connectivity index (χ2n) is 5.88. The number of carbonyl (C=O) groups is 1. The van der Waals surface area contributed by atoms with E-state index in [9.17, 15) is 4.79 Å². The maximum atomic E-state index is 12.2. The van der Waals surface area contributed by atoms with Crippen LogP contribution >= 0.6 is 11.3 Å². The first-order valence-electron chi connectivity index (χ1n) is 7.28. The molecule has 0 radical (unpaired) electrons. The topological polar surface area (TPSA) is 32.3 Å². The molecule has 1 atom stereocenters. The minimum Gasteiger partial charge on any atom is -0.337 e. The van der Waals surface area contributed by atoms with Crippen LogP contribution in [0.1, 0.15) is 30.2 Å². The normalized spacial score (nSPS) is 20.2. The van der Waals surface area contributed by atoms with E-state index in [1.54, 1.807) is 0 Å². The molecule has 1 unspecified atom stereocenters. The van der Waals surface area contributed by atoms with E-state index in [4.69, 9.17) is 0 Å². The molecular formula is C15H22N2OS. The maximum Gasteiger partial charge on any atom is 0.236 e. The molecule has 3 rings (SSSR count). The predicted molar refractivity (Wildman–Crippen MR) is 78.2 cm³/mol. The number of nitrogens with one attached hydrogen (secondary N) is 1. The summed E-state index contributed by atoms with van der Waals surface area (Å²) in [5.74, 6) is 1.88. The number of hydrogen-bond donors (Lipinski definition) is 1. The van der Waals surface area contributed by atoms with Crippen LogP contribution in [0.5, 0.6) is 0 Å². The lowest BCUT2D eigenvalue weighted by molar-refractivity contribution is -0.131. The molecule has 1 N–H and O–H groups in total. The van der Waals surface area contributed by atoms with Crippen LogP contribution < -0.4 is 5.32 Å². The molecule has 1 amide bonds. The van der Waals surface area contributed by atoms with Gasteiger partial charge in [0.15, 0.2) is 0 Å². The van der Waals surface area contributed by atoms with Gasteiger partial charge < -0.3 is 10.2 Å². The van der Waals surface area contributed by atoms with Gasteiger partial charge in [-0.3, -0.25) is 4.79 Å². The van der Waals surface area contributed by atoms with E-state index in [-0.39, 0.29) is 5.91 Å². The van der Waals surface area contributed by atoms with Gasteiger partial charge in [0.05, 0.1) is 6.54 Å². The molecule has 2 aliphatic rings. The Labute approximate surface area is 119 Å². The molecule has 1 aliphatic heterocycles. The lowest BCUT2D eigenvalue weighted by Gasteiger charge is -2.27. The van der Waals surface area contributed by atoms with Crippen molar-refractivity contribution < 1.29 is 4.79 Å². The Morgan fingerprint density at radius 3 is 3.21 bits per heavy atom. The van der Waals surface area contributed by atoms with Gasteiger partial charge in [-0.15, -0.1) is 11.3 Å². The Balaban J connectivity index is 1.43. The highest BCUT2D eigenvalue weighted by atomic mass is 32.1. The van der Waals surface area contributed by atoms with Crippen molar-refractivity contribution in [2.24, 2.45) is 11.8 Å². The van der Waals surface area contributed by atoms with E-state index in [0.29, 0.717) is 6.54 Å². The molecule has 1 aliphatic carbocycles. The average Bonchev–Trinajstić information content (AvgIpc) is 3.16. The third kappa shape index (κ3) is 3.18. The Bertz CT molecular complexity index is 453. The minimum absolute atomic E-state index is 0.250. The first-order valence-corrected chi connectivity index (χ1v) is 8.15. The van der Waals surface area contributed by atoms with E-state index in [1.807, 2.05) is 16.2 Å². The zero-order valence-electron chi connectivity index (χ0n) is 11.5. The van der Waals surface area contributed by atoms with Crippen LogP contribution in [0.4, 0.5) is 0 Å². The van der Waals surface area contributed by atoms with Crippen LogP contribution in [-0.4, -0.2) is 30.4 Å². The van der Waals surface area contributed by atoms with Crippen LogP contribution in [-0.2, 0) is 17.8 Å². The molecule has 104 valence electrons. The van der Waals surface area contributed by atoms with Crippen molar-refractivity contribution in [3.8, 4) is 0 Å². The molecular weight excluding hydrogens is 256 g/mol. The highest BCUT2D eigenvalue weighted by Gasteiger charge is 2.27. The number of hydrogen-bond acceptors (Lipinski definition) is 3. The van der Waals surface area contributed by atoms with E-state index < -0.39 is 0 Å². The predicted octanol–water partition coefficient (Wildman–Crippen LogP) is 2.27. The Hall–Kier alpha value is -0.870. The number of fused-ring (bicyclic) bond motifs is 1. The summed E-state index contributed by atoms with van der Waals surface area (Å²) in [5, 5.41) is 5.47. The van der Waals surface area contributed by atoms with E-state index in [1.165, 1.54) is 23.3 Å². The molecule has 2 heterocycles. The molecule has 0 saturated heterocycles.